The normalized spacial score (nSPS) is 10.9. The van der Waals surface area contributed by atoms with Crippen molar-refractivity contribution in [1.29, 1.82) is 5.26 Å². The van der Waals surface area contributed by atoms with Crippen LogP contribution in [0.5, 0.6) is 0 Å². The van der Waals surface area contributed by atoms with E-state index in [-0.39, 0.29) is 11.4 Å². The van der Waals surface area contributed by atoms with E-state index < -0.39 is 10.0 Å². The highest BCUT2D eigenvalue weighted by molar-refractivity contribution is 7.89. The van der Waals surface area contributed by atoms with Crippen molar-refractivity contribution in [3.05, 3.63) is 59.7 Å². The predicted octanol–water partition coefficient (Wildman–Crippen LogP) is 1.32. The molecule has 0 saturated heterocycles. The first-order valence-corrected chi connectivity index (χ1v) is 7.59. The van der Waals surface area contributed by atoms with Crippen molar-refractivity contribution in [3.8, 4) is 6.07 Å². The number of benzene rings is 2. The van der Waals surface area contributed by atoms with Gasteiger partial charge in [-0.2, -0.15) is 5.26 Å². The van der Waals surface area contributed by atoms with Crippen molar-refractivity contribution in [2.75, 3.05) is 5.43 Å². The molecule has 0 unspecified atom stereocenters. The summed E-state index contributed by atoms with van der Waals surface area (Å²) in [6, 6.07) is 14.9. The Labute approximate surface area is 123 Å². The van der Waals surface area contributed by atoms with Gasteiger partial charge in [-0.25, -0.2) is 13.1 Å². The number of sulfonamides is 1. The van der Waals surface area contributed by atoms with Crippen molar-refractivity contribution in [3.63, 3.8) is 0 Å². The number of anilines is 1. The summed E-state index contributed by atoms with van der Waals surface area (Å²) in [5, 5.41) is 8.81. The minimum Gasteiger partial charge on any atom is -0.324 e. The van der Waals surface area contributed by atoms with Crippen molar-refractivity contribution >= 4 is 15.7 Å². The summed E-state index contributed by atoms with van der Waals surface area (Å²) in [6.07, 6.45) is 0. The Bertz CT molecular complexity index is 764. The Kier molecular flexibility index (Phi) is 4.55. The molecule has 0 radical (unpaired) electrons. The number of nitrogens with one attached hydrogen (secondary N) is 2. The molecule has 108 valence electrons. The summed E-state index contributed by atoms with van der Waals surface area (Å²) in [4.78, 5) is 0.151. The van der Waals surface area contributed by atoms with E-state index in [0.29, 0.717) is 11.3 Å². The first kappa shape index (κ1) is 15.0. The number of rotatable bonds is 5. The first-order valence-electron chi connectivity index (χ1n) is 6.10. The molecule has 2 aromatic carbocycles. The van der Waals surface area contributed by atoms with Crippen LogP contribution in [0.3, 0.4) is 0 Å². The van der Waals surface area contributed by atoms with Crippen LogP contribution in [0.15, 0.2) is 53.4 Å². The number of nitriles is 1. The highest BCUT2D eigenvalue weighted by atomic mass is 32.2. The smallest absolute Gasteiger partial charge is 0.240 e. The van der Waals surface area contributed by atoms with E-state index in [1.807, 2.05) is 6.07 Å². The monoisotopic (exact) mass is 302 g/mol. The molecular weight excluding hydrogens is 288 g/mol. The number of nitrogen functional groups attached to an aromatic ring is 1. The van der Waals surface area contributed by atoms with Gasteiger partial charge < -0.3 is 5.43 Å². The first-order chi connectivity index (χ1) is 10.0. The third kappa shape index (κ3) is 3.79. The minimum atomic E-state index is -3.60. The van der Waals surface area contributed by atoms with Crippen molar-refractivity contribution in [2.45, 2.75) is 11.4 Å². The van der Waals surface area contributed by atoms with Gasteiger partial charge in [0.15, 0.2) is 0 Å². The molecular formula is C14H14N4O2S. The molecule has 0 aromatic heterocycles. The van der Waals surface area contributed by atoms with Gasteiger partial charge >= 0.3 is 0 Å². The summed E-state index contributed by atoms with van der Waals surface area (Å²) in [6.45, 7) is 0.120. The lowest BCUT2D eigenvalue weighted by Crippen LogP contribution is -2.23. The van der Waals surface area contributed by atoms with Crippen LogP contribution in [-0.4, -0.2) is 8.42 Å². The van der Waals surface area contributed by atoms with Gasteiger partial charge in [0.2, 0.25) is 10.0 Å². The molecule has 2 aromatic rings. The third-order valence-electron chi connectivity index (χ3n) is 2.85. The number of nitrogens with zero attached hydrogens (tertiary/aromatic N) is 1. The maximum Gasteiger partial charge on any atom is 0.240 e. The van der Waals surface area contributed by atoms with Crippen molar-refractivity contribution in [2.24, 2.45) is 5.84 Å². The number of nitrogens with two attached hydrogens (primary N) is 1. The van der Waals surface area contributed by atoms with Crippen LogP contribution in [0.4, 0.5) is 5.69 Å². The van der Waals surface area contributed by atoms with Crippen LogP contribution in [0.2, 0.25) is 0 Å². The predicted molar refractivity (Wildman–Crippen MR) is 79.4 cm³/mol. The highest BCUT2D eigenvalue weighted by Crippen LogP contribution is 2.13. The topological polar surface area (TPSA) is 108 Å². The average molecular weight is 302 g/mol. The Morgan fingerprint density at radius 2 is 1.86 bits per heavy atom. The zero-order valence-electron chi connectivity index (χ0n) is 11.1. The Hall–Kier alpha value is -2.40. The van der Waals surface area contributed by atoms with Crippen molar-refractivity contribution < 1.29 is 8.42 Å². The fourth-order valence-corrected chi connectivity index (χ4v) is 2.76. The molecule has 7 heteroatoms. The van der Waals surface area contributed by atoms with E-state index in [2.05, 4.69) is 10.1 Å². The Morgan fingerprint density at radius 1 is 1.14 bits per heavy atom. The van der Waals surface area contributed by atoms with Gasteiger partial charge in [-0.1, -0.05) is 12.1 Å². The lowest BCUT2D eigenvalue weighted by Gasteiger charge is -2.08. The number of hydrogen-bond acceptors (Lipinski definition) is 5. The molecule has 21 heavy (non-hydrogen) atoms. The second-order valence-electron chi connectivity index (χ2n) is 4.31. The van der Waals surface area contributed by atoms with Gasteiger partial charge in [-0.15, -0.1) is 0 Å². The standard InChI is InChI=1S/C14H14N4O2S/c15-9-11-2-1-3-12(8-11)10-17-21(19,20)14-6-4-13(18-16)5-7-14/h1-8,17-18H,10,16H2. The Balaban J connectivity index is 2.11. The maximum atomic E-state index is 12.1. The lowest BCUT2D eigenvalue weighted by atomic mass is 10.1. The molecule has 0 bridgehead atoms. The highest BCUT2D eigenvalue weighted by Gasteiger charge is 2.13. The lowest BCUT2D eigenvalue weighted by molar-refractivity contribution is 0.581. The van der Waals surface area contributed by atoms with Crippen LogP contribution in [0.25, 0.3) is 0 Å². The fourth-order valence-electron chi connectivity index (χ4n) is 1.74. The summed E-state index contributed by atoms with van der Waals surface area (Å²) in [7, 11) is -3.60. The second-order valence-corrected chi connectivity index (χ2v) is 6.07. The molecule has 0 saturated carbocycles. The largest absolute Gasteiger partial charge is 0.324 e. The minimum absolute atomic E-state index is 0.120. The van der Waals surface area contributed by atoms with E-state index in [9.17, 15) is 8.42 Å². The molecule has 0 aliphatic heterocycles. The summed E-state index contributed by atoms with van der Waals surface area (Å²) in [5.74, 6) is 5.23. The zero-order valence-corrected chi connectivity index (χ0v) is 11.9. The van der Waals surface area contributed by atoms with Crippen LogP contribution in [0.1, 0.15) is 11.1 Å². The van der Waals surface area contributed by atoms with E-state index in [1.165, 1.54) is 12.1 Å². The van der Waals surface area contributed by atoms with E-state index >= 15 is 0 Å². The molecule has 0 aliphatic rings. The van der Waals surface area contributed by atoms with E-state index in [1.54, 1.807) is 36.4 Å². The quantitative estimate of drug-likeness (QED) is 0.570. The molecule has 0 fully saturated rings. The number of hydrazine groups is 1. The van der Waals surface area contributed by atoms with E-state index in [4.69, 9.17) is 11.1 Å². The van der Waals surface area contributed by atoms with Gasteiger partial charge in [-0.3, -0.25) is 5.84 Å². The summed E-state index contributed by atoms with van der Waals surface area (Å²) >= 11 is 0. The SMILES string of the molecule is N#Cc1cccc(CNS(=O)(=O)c2ccc(NN)cc2)c1. The molecule has 0 aliphatic carbocycles. The number of hydrogen-bond donors (Lipinski definition) is 3. The average Bonchev–Trinajstić information content (AvgIpc) is 2.53. The van der Waals surface area contributed by atoms with Gasteiger partial charge in [0.25, 0.3) is 0 Å². The summed E-state index contributed by atoms with van der Waals surface area (Å²) < 4.78 is 26.8. The van der Waals surface area contributed by atoms with Crippen molar-refractivity contribution in [1.82, 2.24) is 4.72 Å². The maximum absolute atomic E-state index is 12.1. The molecule has 4 N–H and O–H groups in total. The molecule has 0 spiro atoms. The second kappa shape index (κ2) is 6.37. The molecule has 0 heterocycles. The van der Waals surface area contributed by atoms with Gasteiger partial charge in [0.1, 0.15) is 0 Å². The zero-order chi connectivity index (χ0) is 15.3. The molecule has 6 nitrogen and oxygen atoms in total. The van der Waals surface area contributed by atoms with Crippen LogP contribution in [0, 0.1) is 11.3 Å². The third-order valence-corrected chi connectivity index (χ3v) is 4.27. The molecule has 2 rings (SSSR count). The van der Waals surface area contributed by atoms with Gasteiger partial charge in [-0.05, 0) is 42.0 Å². The molecule has 0 amide bonds. The van der Waals surface area contributed by atoms with E-state index in [0.717, 1.165) is 5.56 Å². The summed E-state index contributed by atoms with van der Waals surface area (Å²) in [5.41, 5.74) is 4.26. The van der Waals surface area contributed by atoms with Crippen LogP contribution in [-0.2, 0) is 16.6 Å². The van der Waals surface area contributed by atoms with Crippen LogP contribution >= 0.6 is 0 Å². The van der Waals surface area contributed by atoms with Crippen LogP contribution < -0.4 is 16.0 Å². The van der Waals surface area contributed by atoms with Gasteiger partial charge in [0, 0.05) is 12.2 Å². The van der Waals surface area contributed by atoms with Gasteiger partial charge in [0.05, 0.1) is 16.5 Å². The Morgan fingerprint density at radius 3 is 2.48 bits per heavy atom. The molecule has 0 atom stereocenters. The fraction of sp³-hybridized carbons (Fsp3) is 0.0714.